The van der Waals surface area contributed by atoms with E-state index in [4.69, 9.17) is 15.2 Å². The second-order valence-corrected chi connectivity index (χ2v) is 5.39. The van der Waals surface area contributed by atoms with Crippen LogP contribution in [0.4, 0.5) is 5.69 Å². The molecule has 1 unspecified atom stereocenters. The van der Waals surface area contributed by atoms with Gasteiger partial charge in [-0.25, -0.2) is 9.98 Å². The molecule has 0 fully saturated rings. The summed E-state index contributed by atoms with van der Waals surface area (Å²) in [6.45, 7) is 0.916. The molecular weight excluding hydrogens is 421 g/mol. The molecule has 0 saturated heterocycles. The molecule has 24 heavy (non-hydrogen) atoms. The van der Waals surface area contributed by atoms with Crippen molar-refractivity contribution in [3.05, 3.63) is 36.4 Å². The highest BCUT2D eigenvalue weighted by atomic mass is 127. The lowest BCUT2D eigenvalue weighted by Crippen LogP contribution is -2.29. The average Bonchev–Trinajstić information content (AvgIpc) is 3.02. The third-order valence-corrected chi connectivity index (χ3v) is 3.91. The number of halogens is 1. The number of hydrogen-bond donors (Lipinski definition) is 2. The van der Waals surface area contributed by atoms with Crippen LogP contribution in [0.25, 0.3) is 0 Å². The lowest BCUT2D eigenvalue weighted by molar-refractivity contribution is 0.405. The topological polar surface area (TPSA) is 86.7 Å². The Balaban J connectivity index is 0.00000208. The number of aliphatic imine (C=N–C) groups is 1. The number of fused-ring (bicyclic) bond motifs is 1. The molecule has 1 aromatic heterocycles. The van der Waals surface area contributed by atoms with Crippen LogP contribution in [0, 0.1) is 0 Å². The molecule has 3 N–H and O–H groups in total. The van der Waals surface area contributed by atoms with E-state index in [1.807, 2.05) is 30.6 Å². The zero-order valence-electron chi connectivity index (χ0n) is 13.7. The van der Waals surface area contributed by atoms with Gasteiger partial charge in [0.15, 0.2) is 5.96 Å². The summed E-state index contributed by atoms with van der Waals surface area (Å²) in [6, 6.07) is 5.62. The van der Waals surface area contributed by atoms with Crippen LogP contribution in [0.3, 0.4) is 0 Å². The normalized spacial score (nSPS) is 16.8. The molecule has 1 aromatic carbocycles. The number of nitrogens with one attached hydrogen (secondary N) is 1. The summed E-state index contributed by atoms with van der Waals surface area (Å²) >= 11 is 0. The molecule has 2 aromatic rings. The molecule has 0 aliphatic carbocycles. The molecule has 0 saturated carbocycles. The van der Waals surface area contributed by atoms with Gasteiger partial charge in [0.05, 0.1) is 25.9 Å². The van der Waals surface area contributed by atoms with Crippen molar-refractivity contribution >= 4 is 35.6 Å². The molecule has 130 valence electrons. The van der Waals surface area contributed by atoms with Crippen molar-refractivity contribution < 1.29 is 9.47 Å². The highest BCUT2D eigenvalue weighted by molar-refractivity contribution is 14.0. The van der Waals surface area contributed by atoms with Crippen LogP contribution in [0.1, 0.15) is 12.2 Å². The summed E-state index contributed by atoms with van der Waals surface area (Å²) in [5.74, 6) is 2.82. The van der Waals surface area contributed by atoms with Gasteiger partial charge in [0.25, 0.3) is 0 Å². The van der Waals surface area contributed by atoms with Crippen LogP contribution in [-0.2, 0) is 13.0 Å². The Bertz CT molecular complexity index is 716. The van der Waals surface area contributed by atoms with Crippen LogP contribution < -0.4 is 20.5 Å². The van der Waals surface area contributed by atoms with E-state index in [2.05, 4.69) is 19.9 Å². The molecule has 2 heterocycles. The first-order valence-corrected chi connectivity index (χ1v) is 7.52. The van der Waals surface area contributed by atoms with Gasteiger partial charge in [0, 0.05) is 31.4 Å². The van der Waals surface area contributed by atoms with Gasteiger partial charge in [0.2, 0.25) is 0 Å². The van der Waals surface area contributed by atoms with E-state index in [0.29, 0.717) is 11.7 Å². The number of aryl methyl sites for hydroxylation is 1. The highest BCUT2D eigenvalue weighted by Gasteiger charge is 2.19. The van der Waals surface area contributed by atoms with Crippen molar-refractivity contribution in [2.75, 3.05) is 19.5 Å². The molecule has 1 atom stereocenters. The van der Waals surface area contributed by atoms with Crippen LogP contribution in [-0.4, -0.2) is 35.8 Å². The second-order valence-electron chi connectivity index (χ2n) is 5.39. The van der Waals surface area contributed by atoms with Gasteiger partial charge in [-0.2, -0.15) is 0 Å². The van der Waals surface area contributed by atoms with Gasteiger partial charge in [-0.15, -0.1) is 24.0 Å². The van der Waals surface area contributed by atoms with Crippen molar-refractivity contribution in [3.63, 3.8) is 0 Å². The Morgan fingerprint density at radius 2 is 2.21 bits per heavy atom. The van der Waals surface area contributed by atoms with Crippen LogP contribution in [0.2, 0.25) is 0 Å². The fourth-order valence-electron chi connectivity index (χ4n) is 2.72. The number of nitrogens with zero attached hydrogens (tertiary/aromatic N) is 3. The standard InChI is InChI=1S/C16H21N5O2.HI/c1-22-12-3-4-14(23-2)13(10-12)20-16(17)19-11-5-7-21-8-6-18-15(21)9-11;/h3-4,6,8,10-11H,5,7,9H2,1-2H3,(H3,17,19,20);1H. The summed E-state index contributed by atoms with van der Waals surface area (Å²) in [5.41, 5.74) is 6.79. The maximum Gasteiger partial charge on any atom is 0.193 e. The number of hydrogen-bond acceptors (Lipinski definition) is 4. The molecular formula is C16H22IN5O2. The number of anilines is 1. The van der Waals surface area contributed by atoms with Crippen molar-refractivity contribution in [2.24, 2.45) is 10.7 Å². The first kappa shape index (κ1) is 18.4. The van der Waals surface area contributed by atoms with Gasteiger partial charge in [-0.3, -0.25) is 0 Å². The summed E-state index contributed by atoms with van der Waals surface area (Å²) < 4.78 is 12.7. The maximum atomic E-state index is 6.06. The van der Waals surface area contributed by atoms with Gasteiger partial charge in [-0.1, -0.05) is 0 Å². The molecule has 7 nitrogen and oxygen atoms in total. The first-order valence-electron chi connectivity index (χ1n) is 7.52. The van der Waals surface area contributed by atoms with Crippen LogP contribution >= 0.6 is 24.0 Å². The summed E-state index contributed by atoms with van der Waals surface area (Å²) in [4.78, 5) is 8.92. The Morgan fingerprint density at radius 1 is 1.38 bits per heavy atom. The minimum Gasteiger partial charge on any atom is -0.497 e. The lowest BCUT2D eigenvalue weighted by Gasteiger charge is -2.21. The van der Waals surface area contributed by atoms with Crippen molar-refractivity contribution in [3.8, 4) is 11.5 Å². The Kier molecular flexibility index (Phi) is 6.29. The Labute approximate surface area is 158 Å². The zero-order chi connectivity index (χ0) is 16.2. The first-order chi connectivity index (χ1) is 11.2. The molecule has 1 aliphatic heterocycles. The number of imidazole rings is 1. The van der Waals surface area contributed by atoms with Crippen molar-refractivity contribution in [1.82, 2.24) is 9.55 Å². The molecule has 0 bridgehead atoms. The van der Waals surface area contributed by atoms with Gasteiger partial charge in [-0.05, 0) is 18.6 Å². The van der Waals surface area contributed by atoms with Gasteiger partial charge >= 0.3 is 0 Å². The smallest absolute Gasteiger partial charge is 0.193 e. The number of guanidine groups is 1. The van der Waals surface area contributed by atoms with E-state index in [1.165, 1.54) is 0 Å². The number of rotatable bonds is 4. The lowest BCUT2D eigenvalue weighted by atomic mass is 10.1. The summed E-state index contributed by atoms with van der Waals surface area (Å²) in [7, 11) is 3.23. The van der Waals surface area contributed by atoms with Crippen molar-refractivity contribution in [1.29, 1.82) is 0 Å². The summed E-state index contributed by atoms with van der Waals surface area (Å²) in [5, 5.41) is 3.10. The Hall–Kier alpha value is -1.97. The highest BCUT2D eigenvalue weighted by Crippen LogP contribution is 2.28. The number of benzene rings is 1. The molecule has 8 heteroatoms. The molecule has 3 rings (SSSR count). The predicted octanol–water partition coefficient (Wildman–Crippen LogP) is 2.26. The average molecular weight is 443 g/mol. The fraction of sp³-hybridized carbons (Fsp3) is 0.375. The third kappa shape index (κ3) is 4.11. The Morgan fingerprint density at radius 3 is 2.96 bits per heavy atom. The second kappa shape index (κ2) is 8.22. The number of aromatic nitrogens is 2. The molecule has 0 spiro atoms. The van der Waals surface area contributed by atoms with E-state index < -0.39 is 0 Å². The maximum absolute atomic E-state index is 6.06. The molecule has 0 amide bonds. The van der Waals surface area contributed by atoms with Crippen LogP contribution in [0.15, 0.2) is 35.6 Å². The number of methoxy groups -OCH3 is 2. The minimum atomic E-state index is 0. The third-order valence-electron chi connectivity index (χ3n) is 3.91. The quantitative estimate of drug-likeness (QED) is 0.430. The predicted molar refractivity (Wildman–Crippen MR) is 105 cm³/mol. The SMILES string of the molecule is COc1ccc(OC)c(NC(N)=NC2CCn3ccnc3C2)c1.I. The minimum absolute atomic E-state index is 0. The van der Waals surface area contributed by atoms with Gasteiger partial charge < -0.3 is 25.1 Å². The van der Waals surface area contributed by atoms with Crippen molar-refractivity contribution in [2.45, 2.75) is 25.4 Å². The fourth-order valence-corrected chi connectivity index (χ4v) is 2.72. The monoisotopic (exact) mass is 443 g/mol. The largest absolute Gasteiger partial charge is 0.497 e. The van der Waals surface area contributed by atoms with E-state index in [-0.39, 0.29) is 30.0 Å². The van der Waals surface area contributed by atoms with Crippen LogP contribution in [0.5, 0.6) is 11.5 Å². The van der Waals surface area contributed by atoms with E-state index in [9.17, 15) is 0 Å². The van der Waals surface area contributed by atoms with E-state index in [0.717, 1.165) is 36.6 Å². The zero-order valence-corrected chi connectivity index (χ0v) is 16.1. The number of nitrogens with two attached hydrogens (primary N) is 1. The summed E-state index contributed by atoms with van der Waals surface area (Å²) in [6.07, 6.45) is 5.56. The molecule has 1 aliphatic rings. The number of ether oxygens (including phenoxy) is 2. The molecule has 0 radical (unpaired) electrons. The van der Waals surface area contributed by atoms with E-state index in [1.54, 1.807) is 14.2 Å². The van der Waals surface area contributed by atoms with E-state index >= 15 is 0 Å². The van der Waals surface area contributed by atoms with Gasteiger partial charge in [0.1, 0.15) is 17.3 Å².